The Balaban J connectivity index is 1.16. The number of benzene rings is 3. The minimum absolute atomic E-state index is 0.0842. The van der Waals surface area contributed by atoms with Gasteiger partial charge in [-0.15, -0.1) is 0 Å². The van der Waals surface area contributed by atoms with Gasteiger partial charge in [0, 0.05) is 6.07 Å². The molecule has 9 heteroatoms. The fraction of sp³-hybridized carbons (Fsp3) is 0.208. The number of hydrogen-bond acceptors (Lipinski definition) is 7. The molecule has 0 bridgehead atoms. The molecule has 168 valence electrons. The number of nitrogens with zero attached hydrogens (tertiary/aromatic N) is 1. The van der Waals surface area contributed by atoms with Gasteiger partial charge >= 0.3 is 0 Å². The molecule has 0 aromatic heterocycles. The van der Waals surface area contributed by atoms with E-state index in [1.54, 1.807) is 24.3 Å². The Morgan fingerprint density at radius 1 is 0.970 bits per heavy atom. The number of fused-ring (bicyclic) bond motifs is 2. The summed E-state index contributed by atoms with van der Waals surface area (Å²) in [6.45, 7) is 0.603. The van der Waals surface area contributed by atoms with Gasteiger partial charge < -0.3 is 14.2 Å². The summed E-state index contributed by atoms with van der Waals surface area (Å²) in [6, 6.07) is 17.4. The number of rotatable bonds is 6. The van der Waals surface area contributed by atoms with E-state index in [9.17, 15) is 14.4 Å². The molecule has 0 aliphatic carbocycles. The monoisotopic (exact) mass is 447 g/mol. The molecular weight excluding hydrogens is 426 g/mol. The van der Waals surface area contributed by atoms with Crippen molar-refractivity contribution in [2.45, 2.75) is 12.5 Å². The summed E-state index contributed by atoms with van der Waals surface area (Å²) in [5.74, 6) is 0.289. The molecule has 1 fully saturated rings. The van der Waals surface area contributed by atoms with Crippen LogP contribution in [0.5, 0.6) is 17.2 Å². The van der Waals surface area contributed by atoms with Gasteiger partial charge in [0.2, 0.25) is 5.91 Å². The number of hydrogen-bond donors (Lipinski definition) is 2. The number of ether oxygens (including phenoxy) is 3. The fourth-order valence-corrected chi connectivity index (χ4v) is 3.80. The van der Waals surface area contributed by atoms with Crippen LogP contribution in [0.3, 0.4) is 0 Å². The zero-order valence-corrected chi connectivity index (χ0v) is 17.6. The summed E-state index contributed by atoms with van der Waals surface area (Å²) in [7, 11) is 0. The van der Waals surface area contributed by atoms with E-state index in [2.05, 4.69) is 10.9 Å². The zero-order chi connectivity index (χ0) is 22.8. The van der Waals surface area contributed by atoms with E-state index in [0.29, 0.717) is 36.1 Å². The van der Waals surface area contributed by atoms with Gasteiger partial charge in [0.1, 0.15) is 25.0 Å². The first-order valence-electron chi connectivity index (χ1n) is 10.5. The predicted molar refractivity (Wildman–Crippen MR) is 119 cm³/mol. The maximum atomic E-state index is 12.8. The van der Waals surface area contributed by atoms with Crippen molar-refractivity contribution >= 4 is 34.2 Å². The minimum Gasteiger partial charge on any atom is -0.486 e. The van der Waals surface area contributed by atoms with Crippen LogP contribution in [0.4, 0.5) is 5.69 Å². The van der Waals surface area contributed by atoms with Gasteiger partial charge in [-0.25, -0.2) is 10.3 Å². The van der Waals surface area contributed by atoms with Crippen molar-refractivity contribution in [2.75, 3.05) is 24.7 Å². The first-order chi connectivity index (χ1) is 16.1. The summed E-state index contributed by atoms with van der Waals surface area (Å²) in [5.41, 5.74) is 5.48. The molecule has 5 rings (SSSR count). The molecule has 0 radical (unpaired) electrons. The maximum Gasteiger partial charge on any atom is 0.272 e. The Kier molecular flexibility index (Phi) is 5.54. The highest BCUT2D eigenvalue weighted by Crippen LogP contribution is 2.35. The van der Waals surface area contributed by atoms with Crippen LogP contribution in [0.25, 0.3) is 10.8 Å². The Morgan fingerprint density at radius 3 is 2.61 bits per heavy atom. The molecular formula is C24H21N3O6. The SMILES string of the molecule is O=C(COc1ccc2ccccc2c1)NN[C@@H]1CC(=O)N(c2ccc3c(c2)OCCO3)C1=O. The number of amides is 3. The predicted octanol–water partition coefficient (Wildman–Crippen LogP) is 1.94. The van der Waals surface area contributed by atoms with Gasteiger partial charge in [-0.3, -0.25) is 19.8 Å². The second kappa shape index (κ2) is 8.79. The van der Waals surface area contributed by atoms with Gasteiger partial charge in [0.25, 0.3) is 11.8 Å². The van der Waals surface area contributed by atoms with Crippen molar-refractivity contribution in [3.63, 3.8) is 0 Å². The van der Waals surface area contributed by atoms with Crippen molar-refractivity contribution in [3.05, 3.63) is 60.7 Å². The van der Waals surface area contributed by atoms with Gasteiger partial charge in [0.15, 0.2) is 18.1 Å². The molecule has 0 saturated carbocycles. The molecule has 2 N–H and O–H groups in total. The summed E-state index contributed by atoms with van der Waals surface area (Å²) >= 11 is 0. The lowest BCUT2D eigenvalue weighted by Gasteiger charge is -2.21. The van der Waals surface area contributed by atoms with E-state index in [-0.39, 0.29) is 18.9 Å². The number of nitrogens with one attached hydrogen (secondary N) is 2. The molecule has 1 atom stereocenters. The zero-order valence-electron chi connectivity index (χ0n) is 17.6. The van der Waals surface area contributed by atoms with E-state index in [0.717, 1.165) is 15.7 Å². The van der Waals surface area contributed by atoms with E-state index >= 15 is 0 Å². The summed E-state index contributed by atoms with van der Waals surface area (Å²) < 4.78 is 16.5. The van der Waals surface area contributed by atoms with Gasteiger partial charge in [-0.2, -0.15) is 0 Å². The molecule has 2 aliphatic rings. The molecule has 0 unspecified atom stereocenters. The third-order valence-corrected chi connectivity index (χ3v) is 5.41. The fourth-order valence-electron chi connectivity index (χ4n) is 3.80. The van der Waals surface area contributed by atoms with Crippen LogP contribution in [-0.2, 0) is 14.4 Å². The topological polar surface area (TPSA) is 106 Å². The summed E-state index contributed by atoms with van der Waals surface area (Å²) in [4.78, 5) is 38.5. The van der Waals surface area contributed by atoms with E-state index in [1.807, 2.05) is 36.4 Å². The second-order valence-electron chi connectivity index (χ2n) is 7.64. The summed E-state index contributed by atoms with van der Waals surface area (Å²) in [6.07, 6.45) is -0.0842. The standard InChI is InChI=1S/C24H21N3O6/c28-22(14-33-18-7-5-15-3-1-2-4-16(15)11-18)26-25-19-13-23(29)27(24(19)30)17-6-8-20-21(12-17)32-10-9-31-20/h1-8,11-12,19,25H,9-10,13-14H2,(H,26,28)/t19-/m1/s1. The number of carbonyl (C=O) groups excluding carboxylic acids is 3. The largest absolute Gasteiger partial charge is 0.486 e. The van der Waals surface area contributed by atoms with E-state index in [1.165, 1.54) is 0 Å². The Morgan fingerprint density at radius 2 is 1.76 bits per heavy atom. The molecule has 3 aromatic carbocycles. The van der Waals surface area contributed by atoms with Crippen LogP contribution in [0.2, 0.25) is 0 Å². The van der Waals surface area contributed by atoms with Crippen molar-refractivity contribution in [2.24, 2.45) is 0 Å². The smallest absolute Gasteiger partial charge is 0.272 e. The number of anilines is 1. The number of carbonyl (C=O) groups is 3. The average molecular weight is 447 g/mol. The molecule has 0 spiro atoms. The molecule has 3 amide bonds. The second-order valence-corrected chi connectivity index (χ2v) is 7.64. The van der Waals surface area contributed by atoms with Crippen LogP contribution in [0, 0.1) is 0 Å². The highest BCUT2D eigenvalue weighted by atomic mass is 16.6. The highest BCUT2D eigenvalue weighted by molar-refractivity contribution is 6.22. The third-order valence-electron chi connectivity index (χ3n) is 5.41. The first kappa shape index (κ1) is 20.8. The average Bonchev–Trinajstić information content (AvgIpc) is 3.13. The lowest BCUT2D eigenvalue weighted by atomic mass is 10.1. The molecule has 2 heterocycles. The highest BCUT2D eigenvalue weighted by Gasteiger charge is 2.40. The van der Waals surface area contributed by atoms with Crippen molar-refractivity contribution in [1.29, 1.82) is 0 Å². The van der Waals surface area contributed by atoms with Crippen molar-refractivity contribution < 1.29 is 28.6 Å². The molecule has 33 heavy (non-hydrogen) atoms. The van der Waals surface area contributed by atoms with Crippen LogP contribution in [0.15, 0.2) is 60.7 Å². The van der Waals surface area contributed by atoms with Crippen LogP contribution in [0.1, 0.15) is 6.42 Å². The normalized spacial score (nSPS) is 17.3. The first-order valence-corrected chi connectivity index (χ1v) is 10.5. The van der Waals surface area contributed by atoms with Crippen LogP contribution in [-0.4, -0.2) is 43.6 Å². The number of hydrazine groups is 1. The van der Waals surface area contributed by atoms with Gasteiger partial charge in [0.05, 0.1) is 12.1 Å². The Bertz CT molecular complexity index is 1240. The Hall–Kier alpha value is -4.11. The third kappa shape index (κ3) is 4.31. The summed E-state index contributed by atoms with van der Waals surface area (Å²) in [5, 5.41) is 2.07. The molecule has 3 aromatic rings. The minimum atomic E-state index is -0.879. The quantitative estimate of drug-likeness (QED) is 0.439. The van der Waals surface area contributed by atoms with Gasteiger partial charge in [-0.05, 0) is 35.0 Å². The van der Waals surface area contributed by atoms with Crippen LogP contribution >= 0.6 is 0 Å². The van der Waals surface area contributed by atoms with Crippen molar-refractivity contribution in [1.82, 2.24) is 10.9 Å². The van der Waals surface area contributed by atoms with Crippen LogP contribution < -0.4 is 30.0 Å². The lowest BCUT2D eigenvalue weighted by molar-refractivity contribution is -0.125. The van der Waals surface area contributed by atoms with Gasteiger partial charge in [-0.1, -0.05) is 30.3 Å². The van der Waals surface area contributed by atoms with E-state index < -0.39 is 17.9 Å². The Labute approximate surface area is 189 Å². The molecule has 2 aliphatic heterocycles. The van der Waals surface area contributed by atoms with Crippen molar-refractivity contribution in [3.8, 4) is 17.2 Å². The maximum absolute atomic E-state index is 12.8. The van der Waals surface area contributed by atoms with E-state index in [4.69, 9.17) is 14.2 Å². The number of imide groups is 1. The lowest BCUT2D eigenvalue weighted by Crippen LogP contribution is -2.49. The molecule has 9 nitrogen and oxygen atoms in total. The molecule has 1 saturated heterocycles.